The molecule has 0 heterocycles. The van der Waals surface area contributed by atoms with Crippen LogP contribution in [0.5, 0.6) is 0 Å². The van der Waals surface area contributed by atoms with Crippen molar-refractivity contribution in [1.82, 2.24) is 0 Å². The average molecular weight is 75.9 g/mol. The summed E-state index contributed by atoms with van der Waals surface area (Å²) in [7, 11) is 1.50. The molecule has 0 saturated carbocycles. The molecule has 0 aromatic rings. The van der Waals surface area contributed by atoms with Crippen LogP contribution >= 0.6 is 0 Å². The van der Waals surface area contributed by atoms with Gasteiger partial charge < -0.3 is 15.8 Å². The maximum absolute atomic E-state index is 7.00. The van der Waals surface area contributed by atoms with E-state index in [1.54, 1.807) is 0 Å². The summed E-state index contributed by atoms with van der Waals surface area (Å²) in [5.74, 6) is 0. The van der Waals surface area contributed by atoms with Gasteiger partial charge in [-0.2, -0.15) is 0 Å². The van der Waals surface area contributed by atoms with Crippen LogP contribution in [0, 0.1) is 0 Å². The van der Waals surface area contributed by atoms with Gasteiger partial charge >= 0.3 is 7.69 Å². The lowest BCUT2D eigenvalue weighted by Gasteiger charge is -1.46. The smallest absolute Gasteiger partial charge is 0.429 e. The van der Waals surface area contributed by atoms with Crippen LogP contribution in [0.25, 0.3) is 0 Å². The van der Waals surface area contributed by atoms with Crippen molar-refractivity contribution in [3.63, 3.8) is 0 Å². The van der Waals surface area contributed by atoms with E-state index in [0.29, 0.717) is 0 Å². The van der Waals surface area contributed by atoms with Gasteiger partial charge in [0.2, 0.25) is 0 Å². The van der Waals surface area contributed by atoms with Gasteiger partial charge in [0.15, 0.2) is 0 Å². The van der Waals surface area contributed by atoms with E-state index < -0.39 is 0 Å². The standard InChI is InChI=1S/CH5N.BH2O2/c1-2;2-1-3/h2H2,1H3;2-3H. The summed E-state index contributed by atoms with van der Waals surface area (Å²) in [6.45, 7) is 0. The maximum Gasteiger partial charge on any atom is 0.482 e. The molecular weight excluding hydrogens is 68.8 g/mol. The van der Waals surface area contributed by atoms with Gasteiger partial charge in [0.25, 0.3) is 0 Å². The zero-order chi connectivity index (χ0) is 4.71. The van der Waals surface area contributed by atoms with Crippen molar-refractivity contribution < 1.29 is 10.0 Å². The SMILES string of the molecule is CN.O[B]O. The van der Waals surface area contributed by atoms with Crippen molar-refractivity contribution in [3.8, 4) is 0 Å². The molecule has 0 atom stereocenters. The topological polar surface area (TPSA) is 66.5 Å². The molecule has 5 heavy (non-hydrogen) atoms. The summed E-state index contributed by atoms with van der Waals surface area (Å²) < 4.78 is 0. The highest BCUT2D eigenvalue weighted by molar-refractivity contribution is 6.13. The Bertz CT molecular complexity index is 9.61. The van der Waals surface area contributed by atoms with Crippen LogP contribution < -0.4 is 5.73 Å². The third-order valence-corrected chi connectivity index (χ3v) is 0. The Labute approximate surface area is 31.7 Å². The molecule has 0 saturated heterocycles. The predicted molar refractivity (Wildman–Crippen MR) is 20.3 cm³/mol. The van der Waals surface area contributed by atoms with Gasteiger partial charge in [-0.1, -0.05) is 0 Å². The Hall–Kier alpha value is -0.0551. The van der Waals surface area contributed by atoms with Crippen LogP contribution in [0.15, 0.2) is 0 Å². The van der Waals surface area contributed by atoms with E-state index >= 15 is 0 Å². The number of rotatable bonds is 0. The van der Waals surface area contributed by atoms with Gasteiger partial charge in [0, 0.05) is 0 Å². The summed E-state index contributed by atoms with van der Waals surface area (Å²) in [6, 6.07) is 0. The fourth-order valence-corrected chi connectivity index (χ4v) is 0. The van der Waals surface area contributed by atoms with Crippen molar-refractivity contribution in [2.24, 2.45) is 5.73 Å². The lowest BCUT2D eigenvalue weighted by Crippen LogP contribution is -1.75. The largest absolute Gasteiger partial charge is 0.482 e. The van der Waals surface area contributed by atoms with Crippen LogP contribution in [0.1, 0.15) is 0 Å². The second-order valence-electron chi connectivity index (χ2n) is 0.115. The Morgan fingerprint density at radius 1 is 1.40 bits per heavy atom. The summed E-state index contributed by atoms with van der Waals surface area (Å²) in [5.41, 5.74) is 4.50. The van der Waals surface area contributed by atoms with Gasteiger partial charge in [0.05, 0.1) is 0 Å². The van der Waals surface area contributed by atoms with E-state index in [1.807, 2.05) is 0 Å². The van der Waals surface area contributed by atoms with Gasteiger partial charge in [-0.05, 0) is 7.05 Å². The number of hydrogen-bond acceptors (Lipinski definition) is 3. The fraction of sp³-hybridized carbons (Fsp3) is 1.00. The van der Waals surface area contributed by atoms with Crippen LogP contribution in [0.3, 0.4) is 0 Å². The van der Waals surface area contributed by atoms with Crippen molar-refractivity contribution >= 4 is 7.69 Å². The zero-order valence-electron chi connectivity index (χ0n) is 3.05. The molecule has 0 amide bonds. The summed E-state index contributed by atoms with van der Waals surface area (Å²) >= 11 is 0. The summed E-state index contributed by atoms with van der Waals surface area (Å²) in [6.07, 6.45) is 0. The first-order chi connectivity index (χ1) is 2.41. The molecule has 4 heteroatoms. The normalized spacial score (nSPS) is 4.00. The first kappa shape index (κ1) is 8.87. The second-order valence-corrected chi connectivity index (χ2v) is 0.115. The molecule has 0 unspecified atom stereocenters. The minimum absolute atomic E-state index is 0. The first-order valence-corrected chi connectivity index (χ1v) is 1.09. The molecule has 0 aliphatic heterocycles. The van der Waals surface area contributed by atoms with Crippen molar-refractivity contribution in [3.05, 3.63) is 0 Å². The predicted octanol–water partition coefficient (Wildman–Crippen LogP) is -1.92. The number of nitrogens with two attached hydrogens (primary N) is 1. The van der Waals surface area contributed by atoms with Crippen LogP contribution in [-0.2, 0) is 0 Å². The maximum atomic E-state index is 7.00. The average Bonchev–Trinajstić information content (AvgIpc) is 1.46. The Balaban J connectivity index is 0. The highest BCUT2D eigenvalue weighted by Crippen LogP contribution is 1.08. The fourth-order valence-electron chi connectivity index (χ4n) is 0. The molecule has 0 fully saturated rings. The van der Waals surface area contributed by atoms with E-state index in [4.69, 9.17) is 10.0 Å². The molecule has 31 valence electrons. The third-order valence-electron chi connectivity index (χ3n) is 0. The molecule has 4 N–H and O–H groups in total. The third kappa shape index (κ3) is 4920. The van der Waals surface area contributed by atoms with E-state index in [1.165, 1.54) is 7.05 Å². The van der Waals surface area contributed by atoms with Gasteiger partial charge in [-0.3, -0.25) is 0 Å². The van der Waals surface area contributed by atoms with Crippen molar-refractivity contribution in [1.29, 1.82) is 0 Å². The molecule has 0 aromatic carbocycles. The molecule has 3 nitrogen and oxygen atoms in total. The van der Waals surface area contributed by atoms with Crippen LogP contribution in [0.2, 0.25) is 0 Å². The van der Waals surface area contributed by atoms with Gasteiger partial charge in [0.1, 0.15) is 0 Å². The summed E-state index contributed by atoms with van der Waals surface area (Å²) in [5, 5.41) is 14.0. The molecular formula is CH7BNO2. The molecule has 0 spiro atoms. The highest BCUT2D eigenvalue weighted by Gasteiger charge is 1.51. The molecule has 0 aromatic heterocycles. The van der Waals surface area contributed by atoms with Crippen molar-refractivity contribution in [2.75, 3.05) is 7.05 Å². The molecule has 0 bridgehead atoms. The van der Waals surface area contributed by atoms with Gasteiger partial charge in [-0.15, -0.1) is 0 Å². The van der Waals surface area contributed by atoms with Crippen LogP contribution in [-0.4, -0.2) is 24.8 Å². The minimum atomic E-state index is 0. The van der Waals surface area contributed by atoms with E-state index in [2.05, 4.69) is 5.73 Å². The highest BCUT2D eigenvalue weighted by atomic mass is 16.4. The molecule has 1 radical (unpaired) electrons. The quantitative estimate of drug-likeness (QED) is 0.294. The monoisotopic (exact) mass is 76.1 g/mol. The second kappa shape index (κ2) is 38.3. The molecule has 0 aliphatic carbocycles. The van der Waals surface area contributed by atoms with Crippen LogP contribution in [0.4, 0.5) is 0 Å². The van der Waals surface area contributed by atoms with E-state index in [9.17, 15) is 0 Å². The molecule has 0 rings (SSSR count). The Morgan fingerprint density at radius 2 is 1.40 bits per heavy atom. The summed E-state index contributed by atoms with van der Waals surface area (Å²) in [4.78, 5) is 0. The minimum Gasteiger partial charge on any atom is -0.429 e. The lowest BCUT2D eigenvalue weighted by molar-refractivity contribution is 0.448. The van der Waals surface area contributed by atoms with E-state index in [-0.39, 0.29) is 7.69 Å². The molecule has 0 aliphatic rings. The van der Waals surface area contributed by atoms with E-state index in [0.717, 1.165) is 0 Å². The zero-order valence-corrected chi connectivity index (χ0v) is 3.05. The lowest BCUT2D eigenvalue weighted by atomic mass is 10.5. The Kier molecular flexibility index (Phi) is 68.0. The first-order valence-electron chi connectivity index (χ1n) is 1.09. The van der Waals surface area contributed by atoms with Gasteiger partial charge in [-0.25, -0.2) is 0 Å². The number of hydrogen-bond donors (Lipinski definition) is 3. The Morgan fingerprint density at radius 3 is 1.40 bits per heavy atom. The van der Waals surface area contributed by atoms with Crippen molar-refractivity contribution in [2.45, 2.75) is 0 Å².